The zero-order valence-electron chi connectivity index (χ0n) is 11.1. The Labute approximate surface area is 126 Å². The van der Waals surface area contributed by atoms with Crippen LogP contribution < -0.4 is 10.5 Å². The maximum Gasteiger partial charge on any atom is 0.146 e. The fourth-order valence-corrected chi connectivity index (χ4v) is 2.16. The molecule has 2 rings (SSSR count). The molecule has 0 spiro atoms. The molecule has 0 fully saturated rings. The highest BCUT2D eigenvalue weighted by Crippen LogP contribution is 2.29. The van der Waals surface area contributed by atoms with Gasteiger partial charge in [-0.15, -0.1) is 0 Å². The number of hydrogen-bond donors (Lipinski definition) is 1. The molecule has 0 amide bonds. The Kier molecular flexibility index (Phi) is 5.09. The van der Waals surface area contributed by atoms with Gasteiger partial charge in [0.2, 0.25) is 0 Å². The van der Waals surface area contributed by atoms with Crippen LogP contribution in [0.1, 0.15) is 18.9 Å². The van der Waals surface area contributed by atoms with Gasteiger partial charge >= 0.3 is 0 Å². The van der Waals surface area contributed by atoms with Gasteiger partial charge in [-0.05, 0) is 47.0 Å². The molecule has 2 N–H and O–H groups in total. The molecule has 1 unspecified atom stereocenters. The Morgan fingerprint density at radius 2 is 2.20 bits per heavy atom. The number of pyridine rings is 1. The molecule has 0 radical (unpaired) electrons. The normalized spacial score (nSPS) is 12.2. The van der Waals surface area contributed by atoms with Gasteiger partial charge in [0.15, 0.2) is 0 Å². The zero-order chi connectivity index (χ0) is 14.5. The van der Waals surface area contributed by atoms with E-state index in [4.69, 9.17) is 10.5 Å². The van der Waals surface area contributed by atoms with E-state index >= 15 is 0 Å². The molecule has 2 aromatic rings. The van der Waals surface area contributed by atoms with Gasteiger partial charge in [0.1, 0.15) is 17.3 Å². The van der Waals surface area contributed by atoms with Crippen molar-refractivity contribution in [2.24, 2.45) is 5.73 Å². The zero-order valence-corrected chi connectivity index (χ0v) is 12.7. The summed E-state index contributed by atoms with van der Waals surface area (Å²) in [4.78, 5) is 4.02. The lowest BCUT2D eigenvalue weighted by atomic mass is 10.0. The second kappa shape index (κ2) is 6.81. The highest BCUT2D eigenvalue weighted by molar-refractivity contribution is 9.10. The first-order chi connectivity index (χ1) is 9.60. The summed E-state index contributed by atoms with van der Waals surface area (Å²) in [7, 11) is 0. The van der Waals surface area contributed by atoms with Crippen LogP contribution in [0.3, 0.4) is 0 Å². The van der Waals surface area contributed by atoms with E-state index in [1.54, 1.807) is 30.6 Å². The lowest BCUT2D eigenvalue weighted by Crippen LogP contribution is -2.22. The first-order valence-electron chi connectivity index (χ1n) is 6.41. The van der Waals surface area contributed by atoms with E-state index < -0.39 is 0 Å². The molecule has 0 aliphatic heterocycles. The lowest BCUT2D eigenvalue weighted by molar-refractivity contribution is 0.459. The van der Waals surface area contributed by atoms with Gasteiger partial charge in [-0.25, -0.2) is 4.39 Å². The predicted octanol–water partition coefficient (Wildman–Crippen LogP) is 4.06. The fraction of sp³-hybridized carbons (Fsp3) is 0.267. The summed E-state index contributed by atoms with van der Waals surface area (Å²) < 4.78 is 20.5. The molecule has 1 aromatic carbocycles. The van der Waals surface area contributed by atoms with Gasteiger partial charge in [-0.3, -0.25) is 4.98 Å². The molecule has 0 aliphatic carbocycles. The molecule has 0 saturated heterocycles. The Morgan fingerprint density at radius 3 is 2.90 bits per heavy atom. The van der Waals surface area contributed by atoms with Crippen molar-refractivity contribution in [3.8, 4) is 11.5 Å². The first kappa shape index (κ1) is 14.9. The average molecular weight is 339 g/mol. The number of aromatic nitrogens is 1. The molecule has 20 heavy (non-hydrogen) atoms. The van der Waals surface area contributed by atoms with Crippen molar-refractivity contribution in [1.82, 2.24) is 4.98 Å². The highest BCUT2D eigenvalue weighted by atomic mass is 79.9. The molecular formula is C15H16BrFN2O. The number of nitrogens with zero attached hydrogens (tertiary/aromatic N) is 1. The molecule has 0 aliphatic rings. The second-order valence-corrected chi connectivity index (χ2v) is 5.45. The molecule has 3 nitrogen and oxygen atoms in total. The third-order valence-electron chi connectivity index (χ3n) is 2.97. The third-order valence-corrected chi connectivity index (χ3v) is 3.41. The topological polar surface area (TPSA) is 48.1 Å². The Hall–Kier alpha value is -1.46. The molecular weight excluding hydrogens is 323 g/mol. The molecule has 1 heterocycles. The summed E-state index contributed by atoms with van der Waals surface area (Å²) in [5.41, 5.74) is 6.42. The predicted molar refractivity (Wildman–Crippen MR) is 80.4 cm³/mol. The molecule has 106 valence electrons. The molecule has 1 aromatic heterocycles. The van der Waals surface area contributed by atoms with Gasteiger partial charge in [0.25, 0.3) is 0 Å². The fourth-order valence-electron chi connectivity index (χ4n) is 1.81. The molecule has 5 heteroatoms. The summed E-state index contributed by atoms with van der Waals surface area (Å²) in [6.45, 7) is 1.98. The average Bonchev–Trinajstić information content (AvgIpc) is 2.42. The van der Waals surface area contributed by atoms with Crippen LogP contribution in [0.2, 0.25) is 0 Å². The van der Waals surface area contributed by atoms with Crippen molar-refractivity contribution < 1.29 is 9.13 Å². The van der Waals surface area contributed by atoms with Gasteiger partial charge in [0, 0.05) is 22.3 Å². The van der Waals surface area contributed by atoms with Crippen LogP contribution in [0, 0.1) is 5.82 Å². The van der Waals surface area contributed by atoms with Crippen LogP contribution >= 0.6 is 15.9 Å². The smallest absolute Gasteiger partial charge is 0.146 e. The van der Waals surface area contributed by atoms with Gasteiger partial charge in [-0.2, -0.15) is 0 Å². The minimum atomic E-state index is -0.297. The van der Waals surface area contributed by atoms with E-state index in [0.717, 1.165) is 10.9 Å². The van der Waals surface area contributed by atoms with Crippen molar-refractivity contribution >= 4 is 15.9 Å². The van der Waals surface area contributed by atoms with Crippen molar-refractivity contribution in [3.05, 3.63) is 52.5 Å². The summed E-state index contributed by atoms with van der Waals surface area (Å²) >= 11 is 3.32. The van der Waals surface area contributed by atoms with Gasteiger partial charge < -0.3 is 10.5 Å². The summed E-state index contributed by atoms with van der Waals surface area (Å²) in [6, 6.07) is 6.47. The van der Waals surface area contributed by atoms with E-state index in [0.29, 0.717) is 23.5 Å². The van der Waals surface area contributed by atoms with E-state index in [2.05, 4.69) is 20.9 Å². The Balaban J connectivity index is 2.29. The maximum atomic E-state index is 14.0. The Morgan fingerprint density at radius 1 is 1.40 bits per heavy atom. The third kappa shape index (κ3) is 3.77. The number of benzene rings is 1. The standard InChI is InChI=1S/C15H16BrFN2O/c1-2-11(18)7-13-14(17)4-3-5-15(13)20-12-6-10(16)8-19-9-12/h3-6,8-9,11H,2,7,18H2,1H3. The molecule has 0 bridgehead atoms. The van der Waals surface area contributed by atoms with Crippen molar-refractivity contribution in [1.29, 1.82) is 0 Å². The monoisotopic (exact) mass is 338 g/mol. The quantitative estimate of drug-likeness (QED) is 0.894. The summed E-state index contributed by atoms with van der Waals surface area (Å²) in [6.07, 6.45) is 4.47. The minimum absolute atomic E-state index is 0.0881. The van der Waals surface area contributed by atoms with Crippen molar-refractivity contribution in [3.63, 3.8) is 0 Å². The maximum absolute atomic E-state index is 14.0. The second-order valence-electron chi connectivity index (χ2n) is 4.53. The van der Waals surface area contributed by atoms with Gasteiger partial charge in [0.05, 0.1) is 6.20 Å². The number of ether oxygens (including phenoxy) is 1. The SMILES string of the molecule is CCC(N)Cc1c(F)cccc1Oc1cncc(Br)c1. The van der Waals surface area contributed by atoms with Gasteiger partial charge in [-0.1, -0.05) is 13.0 Å². The summed E-state index contributed by atoms with van der Waals surface area (Å²) in [5, 5.41) is 0. The summed E-state index contributed by atoms with van der Waals surface area (Å²) in [5.74, 6) is 0.736. The molecule has 0 saturated carbocycles. The van der Waals surface area contributed by atoms with Crippen LogP contribution in [0.15, 0.2) is 41.1 Å². The lowest BCUT2D eigenvalue weighted by Gasteiger charge is -2.15. The number of hydrogen-bond acceptors (Lipinski definition) is 3. The van der Waals surface area contributed by atoms with Crippen LogP contribution in [0.5, 0.6) is 11.5 Å². The minimum Gasteiger partial charge on any atom is -0.455 e. The van der Waals surface area contributed by atoms with E-state index in [-0.39, 0.29) is 11.9 Å². The van der Waals surface area contributed by atoms with Crippen molar-refractivity contribution in [2.45, 2.75) is 25.8 Å². The number of halogens is 2. The van der Waals surface area contributed by atoms with E-state index in [9.17, 15) is 4.39 Å². The van der Waals surface area contributed by atoms with Crippen LogP contribution in [0.25, 0.3) is 0 Å². The molecule has 1 atom stereocenters. The van der Waals surface area contributed by atoms with Crippen molar-refractivity contribution in [2.75, 3.05) is 0 Å². The van der Waals surface area contributed by atoms with Crippen LogP contribution in [-0.2, 0) is 6.42 Å². The van der Waals surface area contributed by atoms with E-state index in [1.807, 2.05) is 6.92 Å². The van der Waals surface area contributed by atoms with Crippen LogP contribution in [0.4, 0.5) is 4.39 Å². The van der Waals surface area contributed by atoms with Crippen LogP contribution in [-0.4, -0.2) is 11.0 Å². The number of nitrogens with two attached hydrogens (primary N) is 1. The first-order valence-corrected chi connectivity index (χ1v) is 7.20. The largest absolute Gasteiger partial charge is 0.455 e. The Bertz CT molecular complexity index is 592. The highest BCUT2D eigenvalue weighted by Gasteiger charge is 2.13. The number of rotatable bonds is 5. The van der Waals surface area contributed by atoms with E-state index in [1.165, 1.54) is 6.07 Å².